The normalized spacial score (nSPS) is 29.8. The van der Waals surface area contributed by atoms with Gasteiger partial charge >= 0.3 is 0 Å². The molecule has 1 aliphatic heterocycles. The highest BCUT2D eigenvalue weighted by Gasteiger charge is 2.63. The summed E-state index contributed by atoms with van der Waals surface area (Å²) in [6.07, 6.45) is 6.85. The van der Waals surface area contributed by atoms with Gasteiger partial charge in [-0.15, -0.1) is 0 Å². The Bertz CT molecular complexity index is 1610. The number of hydrogen-bond donors (Lipinski definition) is 0. The molecule has 0 spiro atoms. The average Bonchev–Trinajstić information content (AvgIpc) is 3.27. The fourth-order valence-corrected chi connectivity index (χ4v) is 10.4. The molecule has 2 unspecified atom stereocenters. The van der Waals surface area contributed by atoms with E-state index in [1.54, 1.807) is 22.9 Å². The maximum Gasteiger partial charge on any atom is 0.274 e. The molecule has 5 aliphatic rings. The Morgan fingerprint density at radius 1 is 0.814 bits per heavy atom. The molecule has 2 aromatic carbocycles. The minimum absolute atomic E-state index is 0.140. The van der Waals surface area contributed by atoms with Gasteiger partial charge in [-0.25, -0.2) is 4.68 Å². The van der Waals surface area contributed by atoms with Gasteiger partial charge in [0.2, 0.25) is 5.91 Å². The van der Waals surface area contributed by atoms with E-state index in [0.29, 0.717) is 64.5 Å². The summed E-state index contributed by atoms with van der Waals surface area (Å²) >= 11 is 19.0. The lowest BCUT2D eigenvalue weighted by Gasteiger charge is -2.65. The molecule has 2 heterocycles. The molecule has 0 radical (unpaired) electrons. The van der Waals surface area contributed by atoms with Crippen molar-refractivity contribution in [1.82, 2.24) is 19.6 Å². The molecule has 6 nitrogen and oxygen atoms in total. The standard InChI is InChI=1S/C34H37Cl3N4O2/c1-21-28(38-41(27-9-8-25(36)14-26(27)37)29(21)23-4-6-24(35)7-5-23)30(42)39-10-12-40(13-11-39)31(43)34-17-22-15-32(2,19-34)18-33(3,16-22)20-34/h4-9,14,22H,10-13,15-20H2,1-3H3. The van der Waals surface area contributed by atoms with Crippen molar-refractivity contribution in [3.8, 4) is 16.9 Å². The van der Waals surface area contributed by atoms with Crippen LogP contribution in [0.15, 0.2) is 42.5 Å². The minimum atomic E-state index is -0.226. The first kappa shape index (κ1) is 29.2. The Balaban J connectivity index is 1.14. The van der Waals surface area contributed by atoms with E-state index in [2.05, 4.69) is 13.8 Å². The maximum absolute atomic E-state index is 14.2. The summed E-state index contributed by atoms with van der Waals surface area (Å²) in [4.78, 5) is 32.0. The molecular weight excluding hydrogens is 603 g/mol. The summed E-state index contributed by atoms with van der Waals surface area (Å²) in [5.41, 5.74) is 3.74. The van der Waals surface area contributed by atoms with Gasteiger partial charge in [0.05, 0.1) is 21.8 Å². The van der Waals surface area contributed by atoms with Gasteiger partial charge in [0.25, 0.3) is 5.91 Å². The van der Waals surface area contributed by atoms with Crippen molar-refractivity contribution in [3.63, 3.8) is 0 Å². The second-order valence-electron chi connectivity index (χ2n) is 14.3. The Morgan fingerprint density at radius 3 is 2.02 bits per heavy atom. The number of nitrogens with zero attached hydrogens (tertiary/aromatic N) is 4. The zero-order valence-corrected chi connectivity index (χ0v) is 27.2. The number of rotatable bonds is 4. The third kappa shape index (κ3) is 4.98. The number of amides is 2. The Kier molecular flexibility index (Phi) is 6.96. The van der Waals surface area contributed by atoms with Gasteiger partial charge in [-0.05, 0) is 92.5 Å². The molecule has 8 rings (SSSR count). The number of aromatic nitrogens is 2. The van der Waals surface area contributed by atoms with Gasteiger partial charge in [-0.2, -0.15) is 5.10 Å². The van der Waals surface area contributed by atoms with Crippen molar-refractivity contribution in [2.75, 3.05) is 26.2 Å². The lowest BCUT2D eigenvalue weighted by atomic mass is 9.40. The molecule has 4 saturated carbocycles. The number of halogens is 3. The minimum Gasteiger partial charge on any atom is -0.339 e. The molecule has 1 saturated heterocycles. The fraction of sp³-hybridized carbons (Fsp3) is 0.500. The fourth-order valence-electron chi connectivity index (χ4n) is 9.76. The smallest absolute Gasteiger partial charge is 0.274 e. The van der Waals surface area contributed by atoms with Crippen molar-refractivity contribution >= 4 is 46.6 Å². The van der Waals surface area contributed by atoms with E-state index in [1.807, 2.05) is 41.0 Å². The number of piperazine rings is 1. The average molecular weight is 640 g/mol. The first-order valence-corrected chi connectivity index (χ1v) is 16.4. The first-order chi connectivity index (χ1) is 20.4. The van der Waals surface area contributed by atoms with E-state index in [4.69, 9.17) is 39.9 Å². The van der Waals surface area contributed by atoms with Crippen LogP contribution < -0.4 is 0 Å². The van der Waals surface area contributed by atoms with Crippen molar-refractivity contribution in [1.29, 1.82) is 0 Å². The second-order valence-corrected chi connectivity index (χ2v) is 15.6. The highest BCUT2D eigenvalue weighted by atomic mass is 35.5. The van der Waals surface area contributed by atoms with Gasteiger partial charge in [0.15, 0.2) is 5.69 Å². The third-order valence-electron chi connectivity index (χ3n) is 10.5. The number of carbonyl (C=O) groups is 2. The molecule has 2 amide bonds. The van der Waals surface area contributed by atoms with Crippen LogP contribution >= 0.6 is 34.8 Å². The molecule has 1 aromatic heterocycles. The highest BCUT2D eigenvalue weighted by molar-refractivity contribution is 6.35. The molecule has 9 heteroatoms. The van der Waals surface area contributed by atoms with Crippen molar-refractivity contribution < 1.29 is 9.59 Å². The van der Waals surface area contributed by atoms with Crippen molar-refractivity contribution in [3.05, 3.63) is 68.8 Å². The Labute approximate surface area is 268 Å². The van der Waals surface area contributed by atoms with Crippen molar-refractivity contribution in [2.45, 2.75) is 59.3 Å². The van der Waals surface area contributed by atoms with E-state index in [0.717, 1.165) is 36.1 Å². The van der Waals surface area contributed by atoms with Crippen LogP contribution in [0.3, 0.4) is 0 Å². The van der Waals surface area contributed by atoms with E-state index >= 15 is 0 Å². The summed E-state index contributed by atoms with van der Waals surface area (Å²) < 4.78 is 1.72. The molecule has 4 aliphatic carbocycles. The van der Waals surface area contributed by atoms with Crippen LogP contribution in [-0.2, 0) is 4.79 Å². The summed E-state index contributed by atoms with van der Waals surface area (Å²) in [6.45, 7) is 8.81. The SMILES string of the molecule is Cc1c(C(=O)N2CCN(C(=O)C34CC5CC(C)(CC(C)(C5)C3)C4)CC2)nn(-c2ccc(Cl)cc2Cl)c1-c1ccc(Cl)cc1. The van der Waals surface area contributed by atoms with Crippen LogP contribution in [0, 0.1) is 29.1 Å². The van der Waals surface area contributed by atoms with Gasteiger partial charge in [-0.3, -0.25) is 9.59 Å². The largest absolute Gasteiger partial charge is 0.339 e. The lowest BCUT2D eigenvalue weighted by molar-refractivity contribution is -0.180. The quantitative estimate of drug-likeness (QED) is 0.290. The number of hydrogen-bond acceptors (Lipinski definition) is 3. The predicted molar refractivity (Wildman–Crippen MR) is 171 cm³/mol. The highest BCUT2D eigenvalue weighted by Crippen LogP contribution is 2.69. The van der Waals surface area contributed by atoms with Gasteiger partial charge in [-0.1, -0.05) is 60.8 Å². The van der Waals surface area contributed by atoms with Crippen LogP contribution in [0.25, 0.3) is 16.9 Å². The van der Waals surface area contributed by atoms with Gasteiger partial charge < -0.3 is 9.80 Å². The number of carbonyl (C=O) groups excluding carboxylic acids is 2. The summed E-state index contributed by atoms with van der Waals surface area (Å²) in [6, 6.07) is 12.7. The molecule has 226 valence electrons. The predicted octanol–water partition coefficient (Wildman–Crippen LogP) is 8.09. The van der Waals surface area contributed by atoms with Crippen LogP contribution in [0.4, 0.5) is 0 Å². The summed E-state index contributed by atoms with van der Waals surface area (Å²) in [5.74, 6) is 0.850. The third-order valence-corrected chi connectivity index (χ3v) is 11.3. The van der Waals surface area contributed by atoms with E-state index in [-0.39, 0.29) is 22.2 Å². The van der Waals surface area contributed by atoms with Crippen LogP contribution in [0.5, 0.6) is 0 Å². The molecular formula is C34H37Cl3N4O2. The van der Waals surface area contributed by atoms with Crippen molar-refractivity contribution in [2.24, 2.45) is 22.2 Å². The maximum atomic E-state index is 14.2. The Hall–Kier alpha value is -2.54. The molecule has 0 N–H and O–H groups in total. The molecule has 4 bridgehead atoms. The van der Waals surface area contributed by atoms with E-state index in [1.165, 1.54) is 19.3 Å². The Morgan fingerprint density at radius 2 is 1.42 bits per heavy atom. The molecule has 3 aromatic rings. The van der Waals surface area contributed by atoms with Crippen LogP contribution in [0.2, 0.25) is 15.1 Å². The monoisotopic (exact) mass is 638 g/mol. The molecule has 2 atom stereocenters. The topological polar surface area (TPSA) is 58.4 Å². The molecule has 43 heavy (non-hydrogen) atoms. The van der Waals surface area contributed by atoms with Gasteiger partial charge in [0, 0.05) is 47.4 Å². The van der Waals surface area contributed by atoms with Gasteiger partial charge in [0.1, 0.15) is 0 Å². The zero-order chi connectivity index (χ0) is 30.3. The molecule has 5 fully saturated rings. The van der Waals surface area contributed by atoms with E-state index in [9.17, 15) is 9.59 Å². The lowest BCUT2D eigenvalue weighted by Crippen LogP contribution is -2.62. The summed E-state index contributed by atoms with van der Waals surface area (Å²) in [7, 11) is 0. The zero-order valence-electron chi connectivity index (χ0n) is 24.9. The van der Waals surface area contributed by atoms with Crippen LogP contribution in [0.1, 0.15) is 68.4 Å². The number of benzene rings is 2. The summed E-state index contributed by atoms with van der Waals surface area (Å²) in [5, 5.41) is 6.40. The first-order valence-electron chi connectivity index (χ1n) is 15.3. The van der Waals surface area contributed by atoms with Crippen LogP contribution in [-0.4, -0.2) is 57.6 Å². The second kappa shape index (κ2) is 10.3. The van der Waals surface area contributed by atoms with E-state index < -0.39 is 0 Å².